The first-order valence-corrected chi connectivity index (χ1v) is 8.38. The summed E-state index contributed by atoms with van der Waals surface area (Å²) in [5.74, 6) is 0.786. The Morgan fingerprint density at radius 3 is 2.46 bits per heavy atom. The van der Waals surface area contributed by atoms with Gasteiger partial charge in [-0.1, -0.05) is 18.2 Å². The average molecular weight is 386 g/mol. The van der Waals surface area contributed by atoms with Gasteiger partial charge >= 0.3 is 11.9 Å². The molecule has 4 rings (SSSR count). The highest BCUT2D eigenvalue weighted by atomic mass is 19.4. The van der Waals surface area contributed by atoms with Crippen LogP contribution in [0.3, 0.4) is 0 Å². The van der Waals surface area contributed by atoms with Gasteiger partial charge in [0.25, 0.3) is 5.65 Å². The van der Waals surface area contributed by atoms with Crippen molar-refractivity contribution in [2.24, 2.45) is 7.05 Å². The minimum absolute atomic E-state index is 0.198. The topological polar surface area (TPSA) is 51.1 Å². The van der Waals surface area contributed by atoms with Crippen molar-refractivity contribution in [2.45, 2.75) is 6.18 Å². The summed E-state index contributed by atoms with van der Waals surface area (Å²) in [6.07, 6.45) is -2.74. The van der Waals surface area contributed by atoms with E-state index in [0.717, 1.165) is 23.3 Å². The number of pyridine rings is 1. The number of ether oxygens (including phenoxy) is 1. The summed E-state index contributed by atoms with van der Waals surface area (Å²) in [5.41, 5.74) is 1.22. The van der Waals surface area contributed by atoms with E-state index in [4.69, 9.17) is 4.74 Å². The van der Waals surface area contributed by atoms with E-state index >= 15 is 0 Å². The van der Waals surface area contributed by atoms with E-state index in [1.807, 2.05) is 12.1 Å². The number of aromatic amines is 1. The number of aromatic nitrogens is 3. The highest BCUT2D eigenvalue weighted by Crippen LogP contribution is 2.35. The van der Waals surface area contributed by atoms with Crippen LogP contribution in [0.4, 0.5) is 13.2 Å². The molecule has 8 heteroatoms. The van der Waals surface area contributed by atoms with Crippen LogP contribution in [0.2, 0.25) is 0 Å². The molecule has 2 heterocycles. The van der Waals surface area contributed by atoms with E-state index < -0.39 is 11.7 Å². The Kier molecular flexibility index (Phi) is 4.18. The number of rotatable bonds is 3. The molecule has 1 N–H and O–H groups in total. The largest absolute Gasteiger partial charge is 0.475 e. The van der Waals surface area contributed by atoms with Crippen molar-refractivity contribution >= 4 is 5.65 Å². The summed E-state index contributed by atoms with van der Waals surface area (Å²) in [5, 5.41) is 2.95. The first-order valence-electron chi connectivity index (χ1n) is 8.38. The van der Waals surface area contributed by atoms with Crippen LogP contribution in [0.25, 0.3) is 16.8 Å². The number of fused-ring (bicyclic) bond motifs is 1. The van der Waals surface area contributed by atoms with Crippen molar-refractivity contribution in [1.82, 2.24) is 9.78 Å². The molecule has 0 aliphatic rings. The molecule has 5 nitrogen and oxygen atoms in total. The van der Waals surface area contributed by atoms with Gasteiger partial charge in [0.1, 0.15) is 11.5 Å². The second kappa shape index (κ2) is 6.56. The SMILES string of the molecule is Cn1[nH]c2cc(-c3ccccc3Oc3ccc(C(F)(F)F)cc3)cc[n+]2c1=O. The van der Waals surface area contributed by atoms with Gasteiger partial charge in [0.05, 0.1) is 18.8 Å². The molecule has 4 aromatic rings. The smallest absolute Gasteiger partial charge is 0.457 e. The van der Waals surface area contributed by atoms with Crippen molar-refractivity contribution in [1.29, 1.82) is 0 Å². The normalized spacial score (nSPS) is 11.7. The van der Waals surface area contributed by atoms with E-state index in [2.05, 4.69) is 5.10 Å². The highest BCUT2D eigenvalue weighted by Gasteiger charge is 2.30. The van der Waals surface area contributed by atoms with Crippen LogP contribution in [0.15, 0.2) is 71.7 Å². The molecule has 2 aromatic carbocycles. The number of H-pyrrole nitrogens is 1. The predicted octanol–water partition coefficient (Wildman–Crippen LogP) is 3.93. The van der Waals surface area contributed by atoms with Crippen molar-refractivity contribution in [2.75, 3.05) is 0 Å². The molecule has 0 aliphatic heterocycles. The standard InChI is InChI=1S/C20H14F3N3O2/c1-25-19(27)26-11-10-13(12-18(26)24-25)16-4-2-3-5-17(16)28-15-8-6-14(7-9-15)20(21,22)23/h2-12H,1H3/p+1. The minimum Gasteiger partial charge on any atom is -0.457 e. The monoisotopic (exact) mass is 386 g/mol. The van der Waals surface area contributed by atoms with Gasteiger partial charge in [-0.05, 0) is 42.0 Å². The van der Waals surface area contributed by atoms with Gasteiger partial charge in [-0.2, -0.15) is 22.7 Å². The fourth-order valence-corrected chi connectivity index (χ4v) is 2.93. The molecule has 0 fully saturated rings. The van der Waals surface area contributed by atoms with Crippen molar-refractivity contribution < 1.29 is 22.3 Å². The molecule has 0 unspecified atom stereocenters. The molecule has 2 aromatic heterocycles. The Balaban J connectivity index is 1.70. The number of halogens is 3. The van der Waals surface area contributed by atoms with Crippen molar-refractivity contribution in [3.05, 3.63) is 82.9 Å². The summed E-state index contributed by atoms with van der Waals surface area (Å²) in [6, 6.07) is 15.3. The van der Waals surface area contributed by atoms with Crippen LogP contribution < -0.4 is 14.8 Å². The summed E-state index contributed by atoms with van der Waals surface area (Å²) in [6.45, 7) is 0. The summed E-state index contributed by atoms with van der Waals surface area (Å²) in [4.78, 5) is 12.0. The zero-order chi connectivity index (χ0) is 19.9. The van der Waals surface area contributed by atoms with Crippen LogP contribution in [-0.2, 0) is 13.2 Å². The van der Waals surface area contributed by atoms with Crippen LogP contribution >= 0.6 is 0 Å². The van der Waals surface area contributed by atoms with Crippen LogP contribution in [-0.4, -0.2) is 9.78 Å². The Hall–Kier alpha value is -3.55. The number of aryl methyl sites for hydroxylation is 1. The highest BCUT2D eigenvalue weighted by molar-refractivity contribution is 5.72. The molecule has 0 amide bonds. The fourth-order valence-electron chi connectivity index (χ4n) is 2.93. The molecule has 0 radical (unpaired) electrons. The molecular weight excluding hydrogens is 371 g/mol. The van der Waals surface area contributed by atoms with Gasteiger partial charge in [-0.25, -0.2) is 4.79 Å². The van der Waals surface area contributed by atoms with Gasteiger partial charge in [0, 0.05) is 11.6 Å². The number of nitrogens with zero attached hydrogens (tertiary/aromatic N) is 2. The zero-order valence-electron chi connectivity index (χ0n) is 14.7. The van der Waals surface area contributed by atoms with E-state index in [0.29, 0.717) is 17.1 Å². The minimum atomic E-state index is -4.39. The first-order chi connectivity index (χ1) is 13.3. The van der Waals surface area contributed by atoms with E-state index in [1.54, 1.807) is 37.5 Å². The number of nitrogens with one attached hydrogen (secondary N) is 1. The molecule has 0 atom stereocenters. The number of hydrogen-bond acceptors (Lipinski definition) is 2. The summed E-state index contributed by atoms with van der Waals surface area (Å²) in [7, 11) is 1.62. The maximum Gasteiger partial charge on any atom is 0.475 e. The van der Waals surface area contributed by atoms with Crippen molar-refractivity contribution in [3.8, 4) is 22.6 Å². The second-order valence-electron chi connectivity index (χ2n) is 6.24. The Morgan fingerprint density at radius 2 is 1.75 bits per heavy atom. The lowest BCUT2D eigenvalue weighted by Crippen LogP contribution is -2.39. The third-order valence-electron chi connectivity index (χ3n) is 4.34. The van der Waals surface area contributed by atoms with Gasteiger partial charge in [-0.15, -0.1) is 4.68 Å². The molecule has 142 valence electrons. The number of para-hydroxylation sites is 1. The van der Waals surface area contributed by atoms with Crippen molar-refractivity contribution in [3.63, 3.8) is 0 Å². The molecule has 0 saturated carbocycles. The molecule has 0 aliphatic carbocycles. The maximum atomic E-state index is 12.7. The third kappa shape index (κ3) is 3.24. The van der Waals surface area contributed by atoms with Gasteiger partial charge in [-0.3, -0.25) is 0 Å². The Morgan fingerprint density at radius 1 is 1.04 bits per heavy atom. The molecule has 0 bridgehead atoms. The lowest BCUT2D eigenvalue weighted by Gasteiger charge is -2.12. The number of benzene rings is 2. The molecule has 0 spiro atoms. The van der Waals surface area contributed by atoms with Gasteiger partial charge in [0.15, 0.2) is 0 Å². The Bertz CT molecular complexity index is 1210. The lowest BCUT2D eigenvalue weighted by molar-refractivity contribution is -0.530. The number of hydrogen-bond donors (Lipinski definition) is 1. The van der Waals surface area contributed by atoms with Crippen LogP contribution in [0.5, 0.6) is 11.5 Å². The van der Waals surface area contributed by atoms with Gasteiger partial charge < -0.3 is 4.74 Å². The Labute approximate surface area is 157 Å². The quantitative estimate of drug-likeness (QED) is 0.543. The van der Waals surface area contributed by atoms with Crippen LogP contribution in [0, 0.1) is 0 Å². The summed E-state index contributed by atoms with van der Waals surface area (Å²) < 4.78 is 46.8. The van der Waals surface area contributed by atoms with E-state index in [1.165, 1.54) is 21.2 Å². The molecular formula is C20H15F3N3O2+. The zero-order valence-corrected chi connectivity index (χ0v) is 14.7. The summed E-state index contributed by atoms with van der Waals surface area (Å²) >= 11 is 0. The molecule has 0 saturated heterocycles. The van der Waals surface area contributed by atoms with Crippen LogP contribution in [0.1, 0.15) is 5.56 Å². The third-order valence-corrected chi connectivity index (χ3v) is 4.34. The maximum absolute atomic E-state index is 12.7. The predicted molar refractivity (Wildman–Crippen MR) is 96.1 cm³/mol. The van der Waals surface area contributed by atoms with Gasteiger partial charge in [0.2, 0.25) is 0 Å². The van der Waals surface area contributed by atoms with E-state index in [-0.39, 0.29) is 5.69 Å². The number of alkyl halides is 3. The second-order valence-corrected chi connectivity index (χ2v) is 6.24. The molecule has 28 heavy (non-hydrogen) atoms. The fraction of sp³-hybridized carbons (Fsp3) is 0.100. The average Bonchev–Trinajstić information content (AvgIpc) is 2.95. The lowest BCUT2D eigenvalue weighted by atomic mass is 10.1. The van der Waals surface area contributed by atoms with E-state index in [9.17, 15) is 18.0 Å². The first kappa shape index (κ1) is 17.8.